The van der Waals surface area contributed by atoms with E-state index >= 15 is 0 Å². The molecule has 0 aliphatic heterocycles. The van der Waals surface area contributed by atoms with Crippen LogP contribution in [0.2, 0.25) is 0 Å². The van der Waals surface area contributed by atoms with Crippen LogP contribution >= 0.6 is 0 Å². The smallest absolute Gasteiger partial charge is 0.174 e. The SMILES string of the molecule is CC(C)(C)C(=O)CC(=O)c1cnn2ccccc12. The molecule has 18 heavy (non-hydrogen) atoms. The molecule has 0 unspecified atom stereocenters. The Bertz CT molecular complexity index is 606. The Morgan fingerprint density at radius 2 is 2.00 bits per heavy atom. The van der Waals surface area contributed by atoms with Crippen molar-refractivity contribution < 1.29 is 9.59 Å². The van der Waals surface area contributed by atoms with Crippen molar-refractivity contribution in [2.24, 2.45) is 5.41 Å². The predicted octanol–water partition coefficient (Wildman–Crippen LogP) is 2.52. The van der Waals surface area contributed by atoms with Gasteiger partial charge in [0.05, 0.1) is 23.7 Å². The summed E-state index contributed by atoms with van der Waals surface area (Å²) in [5, 5.41) is 4.09. The molecule has 0 radical (unpaired) electrons. The number of carbonyl (C=O) groups is 2. The second-order valence-corrected chi connectivity index (χ2v) is 5.36. The van der Waals surface area contributed by atoms with Gasteiger partial charge in [-0.1, -0.05) is 26.8 Å². The van der Waals surface area contributed by atoms with Gasteiger partial charge >= 0.3 is 0 Å². The van der Waals surface area contributed by atoms with Crippen molar-refractivity contribution >= 4 is 17.1 Å². The quantitative estimate of drug-likeness (QED) is 0.615. The minimum Gasteiger partial charge on any atom is -0.299 e. The van der Waals surface area contributed by atoms with E-state index < -0.39 is 5.41 Å². The molecule has 2 aromatic heterocycles. The Labute approximate surface area is 106 Å². The largest absolute Gasteiger partial charge is 0.299 e. The zero-order chi connectivity index (χ0) is 13.3. The van der Waals surface area contributed by atoms with Crippen LogP contribution in [0.1, 0.15) is 37.6 Å². The minimum absolute atomic E-state index is 0.0530. The highest BCUT2D eigenvalue weighted by Gasteiger charge is 2.25. The molecular formula is C14H16N2O2. The summed E-state index contributed by atoms with van der Waals surface area (Å²) in [5.74, 6) is -0.223. The van der Waals surface area contributed by atoms with Crippen LogP contribution < -0.4 is 0 Å². The number of ketones is 2. The van der Waals surface area contributed by atoms with Crippen LogP contribution in [0.3, 0.4) is 0 Å². The van der Waals surface area contributed by atoms with E-state index in [4.69, 9.17) is 0 Å². The Morgan fingerprint density at radius 3 is 2.67 bits per heavy atom. The van der Waals surface area contributed by atoms with Crippen molar-refractivity contribution in [3.05, 3.63) is 36.2 Å². The minimum atomic E-state index is -0.487. The number of fused-ring (bicyclic) bond motifs is 1. The zero-order valence-corrected chi connectivity index (χ0v) is 10.8. The van der Waals surface area contributed by atoms with Crippen LogP contribution in [-0.4, -0.2) is 21.2 Å². The van der Waals surface area contributed by atoms with E-state index in [9.17, 15) is 9.59 Å². The predicted molar refractivity (Wildman–Crippen MR) is 68.6 cm³/mol. The highest BCUT2D eigenvalue weighted by atomic mass is 16.1. The second-order valence-electron chi connectivity index (χ2n) is 5.36. The first-order valence-corrected chi connectivity index (χ1v) is 5.88. The lowest BCUT2D eigenvalue weighted by atomic mass is 9.87. The lowest BCUT2D eigenvalue weighted by Gasteiger charge is -2.15. The summed E-state index contributed by atoms with van der Waals surface area (Å²) >= 11 is 0. The maximum atomic E-state index is 12.1. The van der Waals surface area contributed by atoms with Gasteiger partial charge in [0.1, 0.15) is 5.78 Å². The standard InChI is InChI=1S/C14H16N2O2/c1-14(2,3)13(18)8-12(17)10-9-15-16-7-5-4-6-11(10)16/h4-7,9H,8H2,1-3H3. The van der Waals surface area contributed by atoms with Gasteiger partial charge in [-0.2, -0.15) is 5.10 Å². The molecule has 2 rings (SSSR count). The first kappa shape index (κ1) is 12.5. The average Bonchev–Trinajstić information content (AvgIpc) is 2.71. The Balaban J connectivity index is 2.27. The number of pyridine rings is 1. The van der Waals surface area contributed by atoms with Gasteiger partial charge < -0.3 is 0 Å². The molecule has 0 aliphatic carbocycles. The Morgan fingerprint density at radius 1 is 1.28 bits per heavy atom. The monoisotopic (exact) mass is 244 g/mol. The van der Waals surface area contributed by atoms with Crippen LogP contribution in [0, 0.1) is 5.41 Å². The summed E-state index contributed by atoms with van der Waals surface area (Å²) in [7, 11) is 0. The van der Waals surface area contributed by atoms with E-state index in [-0.39, 0.29) is 18.0 Å². The van der Waals surface area contributed by atoms with Gasteiger partial charge in [-0.25, -0.2) is 4.52 Å². The van der Waals surface area contributed by atoms with E-state index in [0.717, 1.165) is 5.52 Å². The van der Waals surface area contributed by atoms with Crippen LogP contribution in [0.15, 0.2) is 30.6 Å². The fourth-order valence-electron chi connectivity index (χ4n) is 1.66. The van der Waals surface area contributed by atoms with E-state index in [1.165, 1.54) is 6.20 Å². The van der Waals surface area contributed by atoms with Crippen molar-refractivity contribution in [3.8, 4) is 0 Å². The molecule has 0 fully saturated rings. The maximum absolute atomic E-state index is 12.1. The number of carbonyl (C=O) groups excluding carboxylic acids is 2. The summed E-state index contributed by atoms with van der Waals surface area (Å²) < 4.78 is 1.63. The molecule has 0 spiro atoms. The van der Waals surface area contributed by atoms with Crippen LogP contribution in [-0.2, 0) is 4.79 Å². The Hall–Kier alpha value is -1.97. The van der Waals surface area contributed by atoms with E-state index in [2.05, 4.69) is 5.10 Å². The second kappa shape index (κ2) is 4.37. The highest BCUT2D eigenvalue weighted by Crippen LogP contribution is 2.19. The number of hydrogen-bond acceptors (Lipinski definition) is 3. The van der Waals surface area contributed by atoms with Crippen LogP contribution in [0.4, 0.5) is 0 Å². The highest BCUT2D eigenvalue weighted by molar-refractivity contribution is 6.12. The number of aromatic nitrogens is 2. The molecule has 0 bridgehead atoms. The number of nitrogens with zero attached hydrogens (tertiary/aromatic N) is 2. The van der Waals surface area contributed by atoms with E-state index in [0.29, 0.717) is 5.56 Å². The molecule has 0 N–H and O–H groups in total. The van der Waals surface area contributed by atoms with Crippen molar-refractivity contribution in [3.63, 3.8) is 0 Å². The third-order valence-corrected chi connectivity index (χ3v) is 2.88. The summed E-state index contributed by atoms with van der Waals surface area (Å²) in [6.07, 6.45) is 3.23. The van der Waals surface area contributed by atoms with Gasteiger partial charge in [-0.05, 0) is 12.1 Å². The molecule has 0 aliphatic rings. The fourth-order valence-corrected chi connectivity index (χ4v) is 1.66. The molecule has 94 valence electrons. The van der Waals surface area contributed by atoms with Gasteiger partial charge in [0, 0.05) is 11.6 Å². The first-order valence-electron chi connectivity index (χ1n) is 5.88. The molecule has 2 heterocycles. The van der Waals surface area contributed by atoms with Gasteiger partial charge in [-0.3, -0.25) is 9.59 Å². The van der Waals surface area contributed by atoms with Crippen LogP contribution in [0.25, 0.3) is 5.52 Å². The van der Waals surface area contributed by atoms with Gasteiger partial charge in [0.2, 0.25) is 0 Å². The average molecular weight is 244 g/mol. The lowest BCUT2D eigenvalue weighted by Crippen LogP contribution is -2.23. The van der Waals surface area contributed by atoms with Crippen molar-refractivity contribution in [1.29, 1.82) is 0 Å². The Kier molecular flexibility index (Phi) is 3.03. The third kappa shape index (κ3) is 2.32. The lowest BCUT2D eigenvalue weighted by molar-refractivity contribution is -0.125. The third-order valence-electron chi connectivity index (χ3n) is 2.88. The molecule has 4 heteroatoms. The topological polar surface area (TPSA) is 51.4 Å². The van der Waals surface area contributed by atoms with Gasteiger partial charge in [0.15, 0.2) is 5.78 Å². The van der Waals surface area contributed by atoms with Gasteiger partial charge in [-0.15, -0.1) is 0 Å². The van der Waals surface area contributed by atoms with Crippen molar-refractivity contribution in [1.82, 2.24) is 9.61 Å². The maximum Gasteiger partial charge on any atom is 0.174 e. The molecule has 2 aromatic rings. The summed E-state index contributed by atoms with van der Waals surface area (Å²) in [5.41, 5.74) is 0.760. The normalized spacial score (nSPS) is 11.7. The fraction of sp³-hybridized carbons (Fsp3) is 0.357. The molecule has 4 nitrogen and oxygen atoms in total. The first-order chi connectivity index (χ1) is 8.39. The summed E-state index contributed by atoms with van der Waals surface area (Å²) in [6, 6.07) is 5.51. The van der Waals surface area contributed by atoms with E-state index in [1.54, 1.807) is 10.7 Å². The van der Waals surface area contributed by atoms with Crippen molar-refractivity contribution in [2.45, 2.75) is 27.2 Å². The number of hydrogen-bond donors (Lipinski definition) is 0. The molecule has 0 aromatic carbocycles. The van der Waals surface area contributed by atoms with Crippen molar-refractivity contribution in [2.75, 3.05) is 0 Å². The molecule has 0 amide bonds. The molecule has 0 saturated heterocycles. The number of Topliss-reactive ketones (excluding diaryl/α,β-unsaturated/α-hetero) is 2. The zero-order valence-electron chi connectivity index (χ0n) is 10.8. The van der Waals surface area contributed by atoms with Gasteiger partial charge in [0.25, 0.3) is 0 Å². The molecule has 0 saturated carbocycles. The van der Waals surface area contributed by atoms with E-state index in [1.807, 2.05) is 39.0 Å². The summed E-state index contributed by atoms with van der Waals surface area (Å²) in [4.78, 5) is 24.0. The number of rotatable bonds is 3. The molecular weight excluding hydrogens is 228 g/mol. The molecule has 0 atom stereocenters. The van der Waals surface area contributed by atoms with Crippen LogP contribution in [0.5, 0.6) is 0 Å². The summed E-state index contributed by atoms with van der Waals surface area (Å²) in [6.45, 7) is 5.45.